The van der Waals surface area contributed by atoms with E-state index < -0.39 is 11.5 Å². The number of carbonyl (C=O) groups excluding carboxylic acids is 1. The van der Waals surface area contributed by atoms with Gasteiger partial charge in [-0.15, -0.1) is 11.3 Å². The molecule has 0 unspecified atom stereocenters. The Kier molecular flexibility index (Phi) is 5.66. The Balaban J connectivity index is 1.68. The Morgan fingerprint density at radius 1 is 1.32 bits per heavy atom. The van der Waals surface area contributed by atoms with Gasteiger partial charge in [0, 0.05) is 16.0 Å². The minimum atomic E-state index is -1.14. The average Bonchev–Trinajstić information content (AvgIpc) is 3.04. The number of thioether (sulfide) groups is 1. The lowest BCUT2D eigenvalue weighted by Crippen LogP contribution is -2.56. The van der Waals surface area contributed by atoms with Crippen molar-refractivity contribution in [2.24, 2.45) is 0 Å². The molecule has 132 valence electrons. The van der Waals surface area contributed by atoms with Crippen LogP contribution < -0.4 is 5.32 Å². The lowest BCUT2D eigenvalue weighted by atomic mass is 9.92. The smallest absolute Gasteiger partial charge is 0.329 e. The van der Waals surface area contributed by atoms with Gasteiger partial charge in [-0.25, -0.2) is 9.78 Å². The molecule has 1 fully saturated rings. The number of hydrogen-bond donors (Lipinski definition) is 2. The van der Waals surface area contributed by atoms with E-state index in [0.29, 0.717) is 23.6 Å². The molecule has 8 heteroatoms. The number of carboxylic acid groups (broad SMARTS) is 1. The minimum Gasteiger partial charge on any atom is -0.480 e. The van der Waals surface area contributed by atoms with Crippen molar-refractivity contribution in [2.75, 3.05) is 11.5 Å². The van der Waals surface area contributed by atoms with Crippen LogP contribution in [0, 0.1) is 0 Å². The maximum atomic E-state index is 12.4. The second-order valence-corrected chi connectivity index (χ2v) is 8.40. The highest BCUT2D eigenvalue weighted by Gasteiger charge is 2.41. The fraction of sp³-hybridized carbons (Fsp3) is 0.353. The molecule has 1 aromatic heterocycles. The molecule has 3 rings (SSSR count). The van der Waals surface area contributed by atoms with Crippen molar-refractivity contribution in [2.45, 2.75) is 24.8 Å². The van der Waals surface area contributed by atoms with Gasteiger partial charge in [0.15, 0.2) is 0 Å². The van der Waals surface area contributed by atoms with Gasteiger partial charge in [0.25, 0.3) is 0 Å². The average molecular weight is 397 g/mol. The van der Waals surface area contributed by atoms with Crippen LogP contribution in [0.4, 0.5) is 0 Å². The number of aromatic nitrogens is 1. The van der Waals surface area contributed by atoms with E-state index in [4.69, 9.17) is 11.6 Å². The van der Waals surface area contributed by atoms with Crippen LogP contribution in [0.25, 0.3) is 10.6 Å². The molecule has 0 bridgehead atoms. The summed E-state index contributed by atoms with van der Waals surface area (Å²) in [5, 5.41) is 15.5. The van der Waals surface area contributed by atoms with Crippen LogP contribution >= 0.6 is 34.7 Å². The largest absolute Gasteiger partial charge is 0.480 e. The van der Waals surface area contributed by atoms with Gasteiger partial charge in [-0.2, -0.15) is 11.8 Å². The van der Waals surface area contributed by atoms with Gasteiger partial charge in [-0.3, -0.25) is 4.79 Å². The number of rotatable bonds is 5. The summed E-state index contributed by atoms with van der Waals surface area (Å²) in [6, 6.07) is 7.38. The first-order valence-electron chi connectivity index (χ1n) is 7.81. The summed E-state index contributed by atoms with van der Waals surface area (Å²) in [6.45, 7) is 0. The molecule has 0 radical (unpaired) electrons. The van der Waals surface area contributed by atoms with Crippen molar-refractivity contribution >= 4 is 46.6 Å². The number of halogens is 1. The molecule has 1 aromatic carbocycles. The highest BCUT2D eigenvalue weighted by molar-refractivity contribution is 7.99. The fourth-order valence-corrected chi connectivity index (χ4v) is 4.93. The van der Waals surface area contributed by atoms with Crippen LogP contribution in [-0.4, -0.2) is 39.0 Å². The number of carbonyl (C=O) groups is 2. The van der Waals surface area contributed by atoms with Crippen LogP contribution in [0.3, 0.4) is 0 Å². The zero-order valence-corrected chi connectivity index (χ0v) is 15.7. The summed E-state index contributed by atoms with van der Waals surface area (Å²) >= 11 is 9.14. The number of nitrogens with zero attached hydrogens (tertiary/aromatic N) is 1. The third-order valence-corrected chi connectivity index (χ3v) is 6.26. The Morgan fingerprint density at radius 2 is 2.08 bits per heavy atom. The van der Waals surface area contributed by atoms with Crippen LogP contribution in [0.2, 0.25) is 5.02 Å². The first-order valence-corrected chi connectivity index (χ1v) is 10.2. The van der Waals surface area contributed by atoms with Crippen molar-refractivity contribution in [1.82, 2.24) is 10.3 Å². The Labute approximate surface area is 158 Å². The van der Waals surface area contributed by atoms with Crippen LogP contribution in [0.1, 0.15) is 18.5 Å². The molecule has 0 aliphatic carbocycles. The molecule has 2 heterocycles. The summed E-state index contributed by atoms with van der Waals surface area (Å²) < 4.78 is 0. The number of hydrogen-bond acceptors (Lipinski definition) is 5. The van der Waals surface area contributed by atoms with E-state index in [2.05, 4.69) is 10.3 Å². The molecular weight excluding hydrogens is 380 g/mol. The van der Waals surface area contributed by atoms with Gasteiger partial charge in [0.1, 0.15) is 10.5 Å². The van der Waals surface area contributed by atoms with Crippen molar-refractivity contribution in [1.29, 1.82) is 0 Å². The molecule has 1 aliphatic heterocycles. The van der Waals surface area contributed by atoms with Crippen molar-refractivity contribution < 1.29 is 14.7 Å². The highest BCUT2D eigenvalue weighted by atomic mass is 35.5. The van der Waals surface area contributed by atoms with E-state index in [-0.39, 0.29) is 12.3 Å². The van der Waals surface area contributed by atoms with Crippen molar-refractivity contribution in [3.05, 3.63) is 40.4 Å². The SMILES string of the molecule is O=C(Cc1csc(-c2cccc(Cl)c2)n1)NC1(C(=O)O)CCSCC1. The van der Waals surface area contributed by atoms with Crippen LogP contribution in [-0.2, 0) is 16.0 Å². The zero-order valence-electron chi connectivity index (χ0n) is 13.3. The summed E-state index contributed by atoms with van der Waals surface area (Å²) in [5.41, 5.74) is 0.382. The van der Waals surface area contributed by atoms with E-state index in [9.17, 15) is 14.7 Å². The quantitative estimate of drug-likeness (QED) is 0.808. The maximum Gasteiger partial charge on any atom is 0.329 e. The maximum absolute atomic E-state index is 12.4. The molecule has 1 saturated heterocycles. The third-order valence-electron chi connectivity index (χ3n) is 4.10. The number of thiazole rings is 1. The summed E-state index contributed by atoms with van der Waals surface area (Å²) in [5.74, 6) is 0.209. The molecule has 0 spiro atoms. The summed E-state index contributed by atoms with van der Waals surface area (Å²) in [4.78, 5) is 28.5. The van der Waals surface area contributed by atoms with Crippen LogP contribution in [0.15, 0.2) is 29.6 Å². The predicted octanol–water partition coefficient (Wildman–Crippen LogP) is 3.47. The van der Waals surface area contributed by atoms with Crippen molar-refractivity contribution in [3.63, 3.8) is 0 Å². The highest BCUT2D eigenvalue weighted by Crippen LogP contribution is 2.28. The van der Waals surface area contributed by atoms with Gasteiger partial charge in [0.05, 0.1) is 12.1 Å². The van der Waals surface area contributed by atoms with Gasteiger partial charge in [-0.1, -0.05) is 23.7 Å². The standard InChI is InChI=1S/C17H17ClN2O3S2/c18-12-3-1-2-11(8-12)15-19-13(10-25-15)9-14(21)20-17(16(22)23)4-6-24-7-5-17/h1-3,8,10H,4-7,9H2,(H,20,21)(H,22,23). The Bertz CT molecular complexity index is 788. The molecule has 0 saturated carbocycles. The number of carboxylic acids is 1. The summed E-state index contributed by atoms with van der Waals surface area (Å²) in [7, 11) is 0. The molecule has 2 aromatic rings. The minimum absolute atomic E-state index is 0.0687. The number of nitrogens with one attached hydrogen (secondary N) is 1. The summed E-state index contributed by atoms with van der Waals surface area (Å²) in [6.07, 6.45) is 0.965. The topological polar surface area (TPSA) is 79.3 Å². The van der Waals surface area contributed by atoms with E-state index in [0.717, 1.165) is 22.1 Å². The van der Waals surface area contributed by atoms with Gasteiger partial charge >= 0.3 is 5.97 Å². The van der Waals surface area contributed by atoms with Gasteiger partial charge in [-0.05, 0) is 36.5 Å². The van der Waals surface area contributed by atoms with E-state index >= 15 is 0 Å². The van der Waals surface area contributed by atoms with Crippen molar-refractivity contribution in [3.8, 4) is 10.6 Å². The van der Waals surface area contributed by atoms with E-state index in [1.165, 1.54) is 11.3 Å². The lowest BCUT2D eigenvalue weighted by Gasteiger charge is -2.33. The zero-order chi connectivity index (χ0) is 17.9. The first kappa shape index (κ1) is 18.2. The predicted molar refractivity (Wildman–Crippen MR) is 101 cm³/mol. The Morgan fingerprint density at radius 3 is 2.76 bits per heavy atom. The van der Waals surface area contributed by atoms with Crippen LogP contribution in [0.5, 0.6) is 0 Å². The molecule has 5 nitrogen and oxygen atoms in total. The molecule has 0 atom stereocenters. The molecule has 2 N–H and O–H groups in total. The molecular formula is C17H17ClN2O3S2. The molecule has 1 aliphatic rings. The van der Waals surface area contributed by atoms with Gasteiger partial charge < -0.3 is 10.4 Å². The second kappa shape index (κ2) is 7.76. The van der Waals surface area contributed by atoms with Gasteiger partial charge in [0.2, 0.25) is 5.91 Å². The first-order chi connectivity index (χ1) is 12.0. The lowest BCUT2D eigenvalue weighted by molar-refractivity contribution is -0.148. The fourth-order valence-electron chi connectivity index (χ4n) is 2.73. The number of aliphatic carboxylic acids is 1. The van der Waals surface area contributed by atoms with E-state index in [1.807, 2.05) is 23.6 Å². The third kappa shape index (κ3) is 4.34. The normalized spacial score (nSPS) is 16.4. The second-order valence-electron chi connectivity index (χ2n) is 5.88. The monoisotopic (exact) mass is 396 g/mol. The van der Waals surface area contributed by atoms with E-state index in [1.54, 1.807) is 17.8 Å². The molecule has 1 amide bonds. The number of amides is 1. The molecule has 25 heavy (non-hydrogen) atoms. The number of benzene rings is 1. The Hall–Kier alpha value is -1.57.